The number of hydrogen-bond donors (Lipinski definition) is 2. The Kier molecular flexibility index (Phi) is 5.07. The van der Waals surface area contributed by atoms with Gasteiger partial charge in [0.15, 0.2) is 0 Å². The van der Waals surface area contributed by atoms with Gasteiger partial charge < -0.3 is 10.5 Å². The Labute approximate surface area is 101 Å². The maximum atomic E-state index is 10.6. The van der Waals surface area contributed by atoms with E-state index in [0.717, 1.165) is 19.6 Å². The van der Waals surface area contributed by atoms with Crippen LogP contribution in [-0.4, -0.2) is 32.2 Å². The van der Waals surface area contributed by atoms with Crippen molar-refractivity contribution in [3.8, 4) is 0 Å². The highest BCUT2D eigenvalue weighted by Crippen LogP contribution is 2.12. The van der Waals surface area contributed by atoms with Crippen LogP contribution in [0.1, 0.15) is 12.0 Å². The van der Waals surface area contributed by atoms with Gasteiger partial charge in [-0.3, -0.25) is 4.55 Å². The molecular weight excluding hydrogens is 242 g/mol. The highest BCUT2D eigenvalue weighted by molar-refractivity contribution is 7.85. The van der Waals surface area contributed by atoms with E-state index in [1.54, 1.807) is 25.1 Å². The highest BCUT2D eigenvalue weighted by Gasteiger charge is 2.10. The van der Waals surface area contributed by atoms with Gasteiger partial charge in [-0.1, -0.05) is 18.2 Å². The molecule has 1 fully saturated rings. The van der Waals surface area contributed by atoms with Crippen LogP contribution >= 0.6 is 0 Å². The molecule has 0 aliphatic carbocycles. The maximum absolute atomic E-state index is 10.6. The summed E-state index contributed by atoms with van der Waals surface area (Å²) >= 11 is 0. The second-order valence-electron chi connectivity index (χ2n) is 3.86. The normalized spacial score (nSPS) is 19.6. The van der Waals surface area contributed by atoms with Gasteiger partial charge >= 0.3 is 0 Å². The van der Waals surface area contributed by atoms with Crippen LogP contribution in [0, 0.1) is 6.92 Å². The smallest absolute Gasteiger partial charge is 0.294 e. The number of benzene rings is 1. The third-order valence-electron chi connectivity index (χ3n) is 2.34. The fourth-order valence-corrected chi connectivity index (χ4v) is 2.12. The summed E-state index contributed by atoms with van der Waals surface area (Å²) in [6.07, 6.45) is 1.04. The molecule has 0 bridgehead atoms. The van der Waals surface area contributed by atoms with Gasteiger partial charge in [0.25, 0.3) is 10.1 Å². The van der Waals surface area contributed by atoms with E-state index < -0.39 is 10.1 Å². The van der Waals surface area contributed by atoms with Crippen molar-refractivity contribution in [2.75, 3.05) is 13.2 Å². The van der Waals surface area contributed by atoms with E-state index in [4.69, 9.17) is 15.0 Å². The first-order valence-corrected chi connectivity index (χ1v) is 6.71. The van der Waals surface area contributed by atoms with Gasteiger partial charge in [-0.2, -0.15) is 8.42 Å². The molecule has 0 aromatic heterocycles. The average Bonchev–Trinajstić information content (AvgIpc) is 2.69. The van der Waals surface area contributed by atoms with Crippen molar-refractivity contribution in [1.29, 1.82) is 0 Å². The second-order valence-corrected chi connectivity index (χ2v) is 5.25. The average molecular weight is 259 g/mol. The van der Waals surface area contributed by atoms with Gasteiger partial charge in [0, 0.05) is 12.6 Å². The fraction of sp³-hybridized carbons (Fsp3) is 0.455. The first-order valence-electron chi connectivity index (χ1n) is 5.27. The predicted molar refractivity (Wildman–Crippen MR) is 64.4 cm³/mol. The lowest BCUT2D eigenvalue weighted by molar-refractivity contribution is 0.194. The molecule has 1 saturated heterocycles. The van der Waals surface area contributed by atoms with E-state index in [1.807, 2.05) is 0 Å². The molecule has 3 N–H and O–H groups in total. The van der Waals surface area contributed by atoms with E-state index in [0.29, 0.717) is 11.6 Å². The summed E-state index contributed by atoms with van der Waals surface area (Å²) in [6.45, 7) is 3.25. The summed E-state index contributed by atoms with van der Waals surface area (Å²) in [4.78, 5) is -0.0278. The van der Waals surface area contributed by atoms with E-state index in [-0.39, 0.29) is 4.90 Å². The molecule has 2 rings (SSSR count). The third-order valence-corrected chi connectivity index (χ3v) is 3.35. The Hall–Kier alpha value is -0.950. The van der Waals surface area contributed by atoms with Gasteiger partial charge in [-0.15, -0.1) is 0 Å². The lowest BCUT2D eigenvalue weighted by Crippen LogP contribution is -2.18. The van der Waals surface area contributed by atoms with Crippen molar-refractivity contribution in [3.63, 3.8) is 0 Å². The Morgan fingerprint density at radius 3 is 2.35 bits per heavy atom. The number of rotatable bonds is 1. The molecule has 5 nitrogen and oxygen atoms in total. The molecular formula is C11H17NO4S. The van der Waals surface area contributed by atoms with Gasteiger partial charge in [0.2, 0.25) is 0 Å². The number of hydrogen-bond acceptors (Lipinski definition) is 4. The van der Waals surface area contributed by atoms with E-state index >= 15 is 0 Å². The Morgan fingerprint density at radius 2 is 2.06 bits per heavy atom. The van der Waals surface area contributed by atoms with Crippen LogP contribution in [0.5, 0.6) is 0 Å². The van der Waals surface area contributed by atoms with Crippen molar-refractivity contribution in [2.24, 2.45) is 5.73 Å². The minimum absolute atomic E-state index is 0.0278. The summed E-state index contributed by atoms with van der Waals surface area (Å²) in [6, 6.07) is 6.60. The predicted octanol–water partition coefficient (Wildman–Crippen LogP) is 0.976. The molecule has 1 aliphatic heterocycles. The summed E-state index contributed by atoms with van der Waals surface area (Å²) in [7, 11) is -4.03. The first-order chi connectivity index (χ1) is 7.91. The van der Waals surface area contributed by atoms with Crippen molar-refractivity contribution in [3.05, 3.63) is 29.8 Å². The molecule has 96 valence electrons. The zero-order chi connectivity index (χ0) is 12.9. The molecule has 0 amide bonds. The van der Waals surface area contributed by atoms with Crippen molar-refractivity contribution < 1.29 is 17.7 Å². The topological polar surface area (TPSA) is 89.6 Å². The molecule has 1 aromatic carbocycles. The molecule has 17 heavy (non-hydrogen) atoms. The van der Waals surface area contributed by atoms with Crippen LogP contribution < -0.4 is 5.73 Å². The Morgan fingerprint density at radius 1 is 1.41 bits per heavy atom. The fourth-order valence-electron chi connectivity index (χ4n) is 1.40. The Balaban J connectivity index is 0.000000202. The van der Waals surface area contributed by atoms with E-state index in [9.17, 15) is 8.42 Å². The van der Waals surface area contributed by atoms with Gasteiger partial charge in [-0.25, -0.2) is 0 Å². The summed E-state index contributed by atoms with van der Waals surface area (Å²) in [5.41, 5.74) is 5.96. The van der Waals surface area contributed by atoms with E-state index in [1.165, 1.54) is 6.07 Å². The molecule has 1 atom stereocenters. The molecule has 0 radical (unpaired) electrons. The molecule has 1 aliphatic rings. The number of nitrogens with two attached hydrogens (primary N) is 1. The molecule has 0 spiro atoms. The molecule has 1 aromatic rings. The molecule has 0 saturated carbocycles. The first kappa shape index (κ1) is 14.1. The largest absolute Gasteiger partial charge is 0.380 e. The molecule has 1 heterocycles. The number of aryl methyl sites for hydroxylation is 1. The third kappa shape index (κ3) is 4.82. The standard InChI is InChI=1S/C7H8O3S.C4H9NO/c1-6-4-2-3-5-7(6)11(8,9)10;5-4-1-2-6-3-4/h2-5H,1H3,(H,8,9,10);4H,1-3,5H2/t;4-/m.1/s1. The van der Waals surface area contributed by atoms with Crippen LogP contribution in [-0.2, 0) is 14.9 Å². The Bertz CT molecular complexity index is 452. The van der Waals surface area contributed by atoms with Gasteiger partial charge in [-0.05, 0) is 25.0 Å². The zero-order valence-electron chi connectivity index (χ0n) is 9.67. The van der Waals surface area contributed by atoms with E-state index in [2.05, 4.69) is 0 Å². The summed E-state index contributed by atoms with van der Waals surface area (Å²) in [5.74, 6) is 0. The highest BCUT2D eigenvalue weighted by atomic mass is 32.2. The number of ether oxygens (including phenoxy) is 1. The maximum Gasteiger partial charge on any atom is 0.294 e. The molecule has 6 heteroatoms. The van der Waals surface area contributed by atoms with Crippen LogP contribution in [0.25, 0.3) is 0 Å². The van der Waals surface area contributed by atoms with Gasteiger partial charge in [0.1, 0.15) is 0 Å². The quantitative estimate of drug-likeness (QED) is 0.734. The minimum atomic E-state index is -4.03. The monoisotopic (exact) mass is 259 g/mol. The molecule has 0 unspecified atom stereocenters. The van der Waals surface area contributed by atoms with Crippen molar-refractivity contribution in [1.82, 2.24) is 0 Å². The van der Waals surface area contributed by atoms with Crippen LogP contribution in [0.3, 0.4) is 0 Å². The minimum Gasteiger partial charge on any atom is -0.380 e. The van der Waals surface area contributed by atoms with Crippen LogP contribution in [0.15, 0.2) is 29.2 Å². The van der Waals surface area contributed by atoms with Crippen molar-refractivity contribution in [2.45, 2.75) is 24.3 Å². The SMILES string of the molecule is Cc1ccccc1S(=O)(=O)O.N[C@@H]1CCOC1. The van der Waals surface area contributed by atoms with Gasteiger partial charge in [0.05, 0.1) is 11.5 Å². The van der Waals surface area contributed by atoms with Crippen LogP contribution in [0.2, 0.25) is 0 Å². The van der Waals surface area contributed by atoms with Crippen LogP contribution in [0.4, 0.5) is 0 Å². The summed E-state index contributed by atoms with van der Waals surface area (Å²) in [5, 5.41) is 0. The second kappa shape index (κ2) is 6.11. The van der Waals surface area contributed by atoms with Crippen molar-refractivity contribution >= 4 is 10.1 Å². The lowest BCUT2D eigenvalue weighted by atomic mass is 10.2. The zero-order valence-corrected chi connectivity index (χ0v) is 10.5. The summed E-state index contributed by atoms with van der Waals surface area (Å²) < 4.78 is 34.8. The lowest BCUT2D eigenvalue weighted by Gasteiger charge is -1.99.